The van der Waals surface area contributed by atoms with Gasteiger partial charge in [0.15, 0.2) is 0 Å². The van der Waals surface area contributed by atoms with Crippen molar-refractivity contribution in [3.8, 4) is 0 Å². The molecule has 0 spiro atoms. The second-order valence-corrected chi connectivity index (χ2v) is 6.06. The van der Waals surface area contributed by atoms with Crippen LogP contribution in [0.5, 0.6) is 0 Å². The van der Waals surface area contributed by atoms with Crippen LogP contribution in [-0.4, -0.2) is 30.2 Å². The molecule has 1 saturated heterocycles. The van der Waals surface area contributed by atoms with Gasteiger partial charge in [0.1, 0.15) is 0 Å². The van der Waals surface area contributed by atoms with E-state index in [0.29, 0.717) is 0 Å². The van der Waals surface area contributed by atoms with E-state index in [1.165, 1.54) is 0 Å². The van der Waals surface area contributed by atoms with Gasteiger partial charge in [-0.15, -0.1) is 0 Å². The summed E-state index contributed by atoms with van der Waals surface area (Å²) in [6, 6.07) is 3.25. The van der Waals surface area contributed by atoms with Gasteiger partial charge in [0, 0.05) is 29.7 Å². The molecule has 1 fully saturated rings. The second-order valence-electron chi connectivity index (χ2n) is 5.21. The number of hydrogen-bond acceptors (Lipinski definition) is 4. The summed E-state index contributed by atoms with van der Waals surface area (Å²) in [5.74, 6) is 0. The van der Waals surface area contributed by atoms with Gasteiger partial charge in [-0.1, -0.05) is 6.92 Å². The van der Waals surface area contributed by atoms with E-state index >= 15 is 0 Å². The fraction of sp³-hybridized carbons (Fsp3) is 0.571. The number of morpholine rings is 1. The first-order valence-corrected chi connectivity index (χ1v) is 7.58. The van der Waals surface area contributed by atoms with Crippen LogP contribution in [0.1, 0.15) is 26.3 Å². The molecule has 0 unspecified atom stereocenters. The molecule has 0 saturated carbocycles. The number of hydrogen-bond donors (Lipinski definition) is 0. The van der Waals surface area contributed by atoms with E-state index in [-0.39, 0.29) is 22.8 Å². The number of non-ortho nitro benzene ring substituents is 1. The molecule has 5 nitrogen and oxygen atoms in total. The first-order chi connectivity index (χ1) is 9.42. The van der Waals surface area contributed by atoms with Gasteiger partial charge in [0.05, 0.1) is 22.8 Å². The summed E-state index contributed by atoms with van der Waals surface area (Å²) in [5.41, 5.74) is 2.18. The van der Waals surface area contributed by atoms with Crippen molar-refractivity contribution in [3.63, 3.8) is 0 Å². The first kappa shape index (κ1) is 15.3. The molecule has 0 radical (unpaired) electrons. The molecule has 1 aliphatic rings. The molecule has 6 heteroatoms. The molecule has 0 N–H and O–H groups in total. The highest BCUT2D eigenvalue weighted by Gasteiger charge is 2.26. The summed E-state index contributed by atoms with van der Waals surface area (Å²) in [6.45, 7) is 7.71. The van der Waals surface area contributed by atoms with Crippen molar-refractivity contribution < 1.29 is 9.66 Å². The molecule has 0 aromatic heterocycles. The zero-order chi connectivity index (χ0) is 14.9. The number of ether oxygens (including phenoxy) is 1. The predicted octanol–water partition coefficient (Wildman–Crippen LogP) is 3.53. The van der Waals surface area contributed by atoms with Gasteiger partial charge in [-0.2, -0.15) is 0 Å². The third kappa shape index (κ3) is 3.12. The monoisotopic (exact) mass is 342 g/mol. The Hall–Kier alpha value is -1.14. The molecule has 1 heterocycles. The number of anilines is 1. The Kier molecular flexibility index (Phi) is 4.65. The Labute approximate surface area is 127 Å². The van der Waals surface area contributed by atoms with Crippen molar-refractivity contribution in [2.45, 2.75) is 39.4 Å². The molecular weight excluding hydrogens is 324 g/mol. The van der Waals surface area contributed by atoms with Gasteiger partial charge < -0.3 is 9.64 Å². The molecular formula is C14H19BrN2O3. The lowest BCUT2D eigenvalue weighted by Gasteiger charge is -2.38. The Morgan fingerprint density at radius 2 is 2.00 bits per heavy atom. The number of rotatable bonds is 3. The number of benzene rings is 1. The SMILES string of the molecule is CCc1cc([N+](=O)[O-])cc(Br)c1N1C[C@H](C)O[C@@H](C)C1. The standard InChI is InChI=1S/C14H19BrN2O3/c1-4-11-5-12(17(18)19)6-13(15)14(11)16-7-9(2)20-10(3)8-16/h5-6,9-10H,4,7-8H2,1-3H3/t9-,10-/m0/s1. The minimum absolute atomic E-state index is 0.131. The molecule has 0 amide bonds. The minimum Gasteiger partial charge on any atom is -0.372 e. The van der Waals surface area contributed by atoms with Crippen molar-refractivity contribution in [2.75, 3.05) is 18.0 Å². The van der Waals surface area contributed by atoms with Crippen molar-refractivity contribution in [1.29, 1.82) is 0 Å². The highest BCUT2D eigenvalue weighted by Crippen LogP contribution is 2.36. The summed E-state index contributed by atoms with van der Waals surface area (Å²) in [6.07, 6.45) is 1.08. The fourth-order valence-corrected chi connectivity index (χ4v) is 3.47. The maximum Gasteiger partial charge on any atom is 0.270 e. The van der Waals surface area contributed by atoms with Gasteiger partial charge in [-0.3, -0.25) is 10.1 Å². The van der Waals surface area contributed by atoms with Gasteiger partial charge in [-0.25, -0.2) is 0 Å². The van der Waals surface area contributed by atoms with Gasteiger partial charge in [0.2, 0.25) is 0 Å². The summed E-state index contributed by atoms with van der Waals surface area (Å²) in [4.78, 5) is 12.9. The zero-order valence-corrected chi connectivity index (χ0v) is 13.5. The molecule has 0 bridgehead atoms. The van der Waals surface area contributed by atoms with Crippen molar-refractivity contribution in [2.24, 2.45) is 0 Å². The summed E-state index contributed by atoms with van der Waals surface area (Å²) in [5, 5.41) is 11.0. The molecule has 2 rings (SSSR count). The topological polar surface area (TPSA) is 55.6 Å². The van der Waals surface area contributed by atoms with Gasteiger partial charge in [-0.05, 0) is 41.8 Å². The second kappa shape index (κ2) is 6.10. The van der Waals surface area contributed by atoms with Gasteiger partial charge >= 0.3 is 0 Å². The van der Waals surface area contributed by atoms with Crippen LogP contribution < -0.4 is 4.90 Å². The normalized spacial score (nSPS) is 22.9. The summed E-state index contributed by atoms with van der Waals surface area (Å²) in [7, 11) is 0. The summed E-state index contributed by atoms with van der Waals surface area (Å²) < 4.78 is 6.53. The Morgan fingerprint density at radius 1 is 1.40 bits per heavy atom. The molecule has 110 valence electrons. The van der Waals surface area contributed by atoms with Crippen LogP contribution in [0.25, 0.3) is 0 Å². The van der Waals surface area contributed by atoms with E-state index in [0.717, 1.165) is 35.2 Å². The average Bonchev–Trinajstić information content (AvgIpc) is 2.36. The smallest absolute Gasteiger partial charge is 0.270 e. The zero-order valence-electron chi connectivity index (χ0n) is 11.9. The van der Waals surface area contributed by atoms with Crippen LogP contribution in [0.15, 0.2) is 16.6 Å². The Morgan fingerprint density at radius 3 is 2.50 bits per heavy atom. The number of halogens is 1. The van der Waals surface area contributed by atoms with E-state index in [1.807, 2.05) is 20.8 Å². The molecule has 2 atom stereocenters. The maximum absolute atomic E-state index is 11.0. The lowest BCUT2D eigenvalue weighted by Crippen LogP contribution is -2.46. The maximum atomic E-state index is 11.0. The van der Waals surface area contributed by atoms with Crippen LogP contribution in [0.4, 0.5) is 11.4 Å². The van der Waals surface area contributed by atoms with Gasteiger partial charge in [0.25, 0.3) is 5.69 Å². The molecule has 1 aromatic carbocycles. The van der Waals surface area contributed by atoms with E-state index < -0.39 is 0 Å². The minimum atomic E-state index is -0.349. The highest BCUT2D eigenvalue weighted by molar-refractivity contribution is 9.10. The van der Waals surface area contributed by atoms with Crippen LogP contribution in [0, 0.1) is 10.1 Å². The third-order valence-corrected chi connectivity index (χ3v) is 4.06. The molecule has 0 aliphatic carbocycles. The number of nitro groups is 1. The summed E-state index contributed by atoms with van der Waals surface area (Å²) >= 11 is 3.50. The van der Waals surface area contributed by atoms with Crippen molar-refractivity contribution in [1.82, 2.24) is 0 Å². The number of nitrogens with zero attached hydrogens (tertiary/aromatic N) is 2. The highest BCUT2D eigenvalue weighted by atomic mass is 79.9. The Bertz CT molecular complexity index is 511. The van der Waals surface area contributed by atoms with Crippen LogP contribution >= 0.6 is 15.9 Å². The number of nitro benzene ring substituents is 1. The van der Waals surface area contributed by atoms with Crippen LogP contribution in [-0.2, 0) is 11.2 Å². The van der Waals surface area contributed by atoms with E-state index in [4.69, 9.17) is 4.74 Å². The van der Waals surface area contributed by atoms with Crippen LogP contribution in [0.2, 0.25) is 0 Å². The quantitative estimate of drug-likeness (QED) is 0.622. The van der Waals surface area contributed by atoms with Crippen LogP contribution in [0.3, 0.4) is 0 Å². The average molecular weight is 343 g/mol. The Balaban J connectivity index is 2.42. The molecule has 1 aromatic rings. The van der Waals surface area contributed by atoms with E-state index in [2.05, 4.69) is 20.8 Å². The number of aryl methyl sites for hydroxylation is 1. The molecule has 20 heavy (non-hydrogen) atoms. The molecule has 1 aliphatic heterocycles. The van der Waals surface area contributed by atoms with Crippen molar-refractivity contribution >= 4 is 27.3 Å². The third-order valence-electron chi connectivity index (χ3n) is 3.45. The largest absolute Gasteiger partial charge is 0.372 e. The lowest BCUT2D eigenvalue weighted by molar-refractivity contribution is -0.385. The fourth-order valence-electron chi connectivity index (χ4n) is 2.73. The van der Waals surface area contributed by atoms with E-state index in [9.17, 15) is 10.1 Å². The first-order valence-electron chi connectivity index (χ1n) is 6.79. The lowest BCUT2D eigenvalue weighted by atomic mass is 10.1. The predicted molar refractivity (Wildman–Crippen MR) is 82.4 cm³/mol. The van der Waals surface area contributed by atoms with Crippen molar-refractivity contribution in [3.05, 3.63) is 32.3 Å². The van der Waals surface area contributed by atoms with E-state index in [1.54, 1.807) is 12.1 Å².